The predicted octanol–water partition coefficient (Wildman–Crippen LogP) is 3.34. The Morgan fingerprint density at radius 2 is 1.85 bits per heavy atom. The van der Waals surface area contributed by atoms with Gasteiger partial charge in [0.25, 0.3) is 0 Å². The number of ether oxygens (including phenoxy) is 2. The molecular weight excluding hydrogens is 506 g/mol. The molecule has 2 fully saturated rings. The Hall–Kier alpha value is -4.09. The number of morpholine rings is 1. The third-order valence-corrected chi connectivity index (χ3v) is 8.19. The van der Waals surface area contributed by atoms with Crippen molar-refractivity contribution in [1.82, 2.24) is 39.2 Å². The first-order chi connectivity index (χ1) is 19.5. The van der Waals surface area contributed by atoms with Gasteiger partial charge < -0.3 is 23.8 Å². The van der Waals surface area contributed by atoms with Crippen molar-refractivity contribution in [2.45, 2.75) is 19.3 Å². The summed E-state index contributed by atoms with van der Waals surface area (Å²) in [5.41, 5.74) is 5.41. The second-order valence-electron chi connectivity index (χ2n) is 10.7. The van der Waals surface area contributed by atoms with E-state index in [2.05, 4.69) is 39.5 Å². The highest BCUT2D eigenvalue weighted by atomic mass is 16.5. The molecule has 0 spiro atoms. The average molecular weight is 540 g/mol. The zero-order valence-electron chi connectivity index (χ0n) is 23.3. The lowest BCUT2D eigenvalue weighted by Crippen LogP contribution is -2.37. The predicted molar refractivity (Wildman–Crippen MR) is 153 cm³/mol. The van der Waals surface area contributed by atoms with Crippen molar-refractivity contribution in [3.8, 4) is 22.8 Å². The van der Waals surface area contributed by atoms with Gasteiger partial charge in [0.1, 0.15) is 17.1 Å². The van der Waals surface area contributed by atoms with Gasteiger partial charge in [-0.25, -0.2) is 14.6 Å². The van der Waals surface area contributed by atoms with Gasteiger partial charge in [0.2, 0.25) is 0 Å². The molecule has 0 aliphatic carbocycles. The Morgan fingerprint density at radius 3 is 2.62 bits per heavy atom. The van der Waals surface area contributed by atoms with E-state index in [0.29, 0.717) is 19.1 Å². The number of aryl methyl sites for hydroxylation is 2. The van der Waals surface area contributed by atoms with Crippen LogP contribution in [0, 0.1) is 6.92 Å². The molecular formula is C29H33N9O2. The lowest BCUT2D eigenvalue weighted by molar-refractivity contribution is 0.122. The third-order valence-electron chi connectivity index (χ3n) is 8.19. The fraction of sp³-hybridized carbons (Fsp3) is 0.414. The van der Waals surface area contributed by atoms with Crippen LogP contribution in [0.4, 0.5) is 5.82 Å². The summed E-state index contributed by atoms with van der Waals surface area (Å²) < 4.78 is 15.4. The number of nitrogens with zero attached hydrogens (tertiary/aromatic N) is 9. The molecule has 1 unspecified atom stereocenters. The van der Waals surface area contributed by atoms with E-state index in [9.17, 15) is 0 Å². The summed E-state index contributed by atoms with van der Waals surface area (Å²) in [4.78, 5) is 24.2. The second-order valence-corrected chi connectivity index (χ2v) is 10.7. The quantitative estimate of drug-likeness (QED) is 0.333. The molecule has 11 nitrogen and oxygen atoms in total. The van der Waals surface area contributed by atoms with Gasteiger partial charge in [0, 0.05) is 62.1 Å². The minimum Gasteiger partial charge on any atom is -0.496 e. The van der Waals surface area contributed by atoms with Crippen LogP contribution in [0.3, 0.4) is 0 Å². The third kappa shape index (κ3) is 4.08. The van der Waals surface area contributed by atoms with Crippen LogP contribution in [0.25, 0.3) is 39.0 Å². The topological polar surface area (TPSA) is 99.3 Å². The molecule has 5 aromatic heterocycles. The second kappa shape index (κ2) is 9.83. The standard InChI is InChI=1S/C29H33N9O2/c1-18-20-16-31-38(23(20)13-22(32-18)21-15-30-7-5-25(21)39-4)26-14-24-27(29(33-26)37-9-11-40-12-10-37)34-28(36(24)3)19-6-8-35(2)17-19/h5,7,13-16,19H,6,8-12,17H2,1-4H3. The molecule has 7 heterocycles. The van der Waals surface area contributed by atoms with Crippen molar-refractivity contribution in [1.29, 1.82) is 0 Å². The molecule has 1 atom stereocenters. The van der Waals surface area contributed by atoms with Crippen molar-refractivity contribution in [3.63, 3.8) is 0 Å². The van der Waals surface area contributed by atoms with Crippen LogP contribution in [0.2, 0.25) is 0 Å². The summed E-state index contributed by atoms with van der Waals surface area (Å²) in [5.74, 6) is 3.87. The van der Waals surface area contributed by atoms with Crippen molar-refractivity contribution in [2.75, 3.05) is 58.5 Å². The van der Waals surface area contributed by atoms with E-state index in [4.69, 9.17) is 29.5 Å². The highest BCUT2D eigenvalue weighted by Gasteiger charge is 2.28. The van der Waals surface area contributed by atoms with Gasteiger partial charge in [0.15, 0.2) is 11.6 Å². The summed E-state index contributed by atoms with van der Waals surface area (Å²) >= 11 is 0. The molecule has 206 valence electrons. The maximum Gasteiger partial charge on any atom is 0.159 e. The first-order valence-corrected chi connectivity index (χ1v) is 13.7. The molecule has 2 saturated heterocycles. The number of hydrogen-bond acceptors (Lipinski definition) is 9. The van der Waals surface area contributed by atoms with E-state index >= 15 is 0 Å². The van der Waals surface area contributed by atoms with Crippen LogP contribution in [-0.2, 0) is 11.8 Å². The maximum atomic E-state index is 5.66. The maximum absolute atomic E-state index is 5.66. The van der Waals surface area contributed by atoms with Crippen LogP contribution >= 0.6 is 0 Å². The minimum atomic E-state index is 0.402. The fourth-order valence-corrected chi connectivity index (χ4v) is 6.04. The average Bonchev–Trinajstić information content (AvgIpc) is 3.70. The molecule has 0 bridgehead atoms. The molecule has 0 N–H and O–H groups in total. The van der Waals surface area contributed by atoms with Crippen LogP contribution in [0.1, 0.15) is 23.9 Å². The zero-order chi connectivity index (χ0) is 27.4. The largest absolute Gasteiger partial charge is 0.496 e. The SMILES string of the molecule is COc1ccncc1-c1cc2c(cnn2-c2cc3c(nc(C4CCN(C)C4)n3C)c(N3CCOCC3)n2)c(C)n1. The van der Waals surface area contributed by atoms with E-state index in [0.717, 1.165) is 94.7 Å². The Labute approximate surface area is 232 Å². The van der Waals surface area contributed by atoms with Crippen molar-refractivity contribution in [3.05, 3.63) is 48.3 Å². The van der Waals surface area contributed by atoms with Crippen molar-refractivity contribution in [2.24, 2.45) is 7.05 Å². The molecule has 11 heteroatoms. The van der Waals surface area contributed by atoms with Gasteiger partial charge in [-0.2, -0.15) is 5.10 Å². The molecule has 0 aromatic carbocycles. The number of anilines is 1. The molecule has 0 saturated carbocycles. The summed E-state index contributed by atoms with van der Waals surface area (Å²) in [6.07, 6.45) is 6.48. The number of rotatable bonds is 5. The monoisotopic (exact) mass is 539 g/mol. The Morgan fingerprint density at radius 1 is 1.00 bits per heavy atom. The number of aromatic nitrogens is 7. The number of likely N-dealkylation sites (tertiary alicyclic amines) is 1. The molecule has 7 rings (SSSR count). The number of likely N-dealkylation sites (N-methyl/N-ethyl adjacent to an activating group) is 1. The first kappa shape index (κ1) is 24.9. The normalized spacial score (nSPS) is 18.3. The molecule has 2 aliphatic rings. The molecule has 5 aromatic rings. The van der Waals surface area contributed by atoms with Crippen LogP contribution < -0.4 is 9.64 Å². The molecule has 2 aliphatic heterocycles. The summed E-state index contributed by atoms with van der Waals surface area (Å²) in [7, 11) is 5.96. The Balaban J connectivity index is 1.42. The zero-order valence-corrected chi connectivity index (χ0v) is 23.3. The van der Waals surface area contributed by atoms with Gasteiger partial charge in [-0.1, -0.05) is 0 Å². The fourth-order valence-electron chi connectivity index (χ4n) is 6.04. The number of pyridine rings is 3. The molecule has 0 radical (unpaired) electrons. The first-order valence-electron chi connectivity index (χ1n) is 13.7. The van der Waals surface area contributed by atoms with Crippen molar-refractivity contribution < 1.29 is 9.47 Å². The summed E-state index contributed by atoms with van der Waals surface area (Å²) in [5, 5.41) is 5.78. The van der Waals surface area contributed by atoms with E-state index < -0.39 is 0 Å². The summed E-state index contributed by atoms with van der Waals surface area (Å²) in [6.45, 7) is 7.00. The van der Waals surface area contributed by atoms with Crippen LogP contribution in [-0.4, -0.2) is 92.7 Å². The van der Waals surface area contributed by atoms with Gasteiger partial charge in [-0.15, -0.1) is 0 Å². The summed E-state index contributed by atoms with van der Waals surface area (Å²) in [6, 6.07) is 6.00. The van der Waals surface area contributed by atoms with E-state index in [1.807, 2.05) is 29.9 Å². The van der Waals surface area contributed by atoms with E-state index in [1.54, 1.807) is 19.5 Å². The van der Waals surface area contributed by atoms with Gasteiger partial charge >= 0.3 is 0 Å². The lowest BCUT2D eigenvalue weighted by Gasteiger charge is -2.28. The number of methoxy groups -OCH3 is 1. The lowest BCUT2D eigenvalue weighted by atomic mass is 10.1. The highest BCUT2D eigenvalue weighted by Crippen LogP contribution is 2.35. The number of imidazole rings is 1. The number of hydrogen-bond donors (Lipinski definition) is 0. The van der Waals surface area contributed by atoms with Gasteiger partial charge in [-0.3, -0.25) is 9.97 Å². The Kier molecular flexibility index (Phi) is 6.12. The van der Waals surface area contributed by atoms with E-state index in [1.165, 1.54) is 0 Å². The Bertz CT molecular complexity index is 1720. The number of fused-ring (bicyclic) bond motifs is 2. The van der Waals surface area contributed by atoms with Crippen molar-refractivity contribution >= 4 is 27.8 Å². The minimum absolute atomic E-state index is 0.402. The molecule has 40 heavy (non-hydrogen) atoms. The highest BCUT2D eigenvalue weighted by molar-refractivity contribution is 5.91. The van der Waals surface area contributed by atoms with Gasteiger partial charge in [0.05, 0.1) is 48.8 Å². The van der Waals surface area contributed by atoms with Crippen LogP contribution in [0.15, 0.2) is 36.8 Å². The van der Waals surface area contributed by atoms with E-state index in [-0.39, 0.29) is 0 Å². The van der Waals surface area contributed by atoms with Gasteiger partial charge in [-0.05, 0) is 39.1 Å². The molecule has 0 amide bonds. The van der Waals surface area contributed by atoms with Crippen LogP contribution in [0.5, 0.6) is 5.75 Å². The smallest absolute Gasteiger partial charge is 0.159 e.